The van der Waals surface area contributed by atoms with Gasteiger partial charge in [0.1, 0.15) is 11.5 Å². The van der Waals surface area contributed by atoms with E-state index in [0.29, 0.717) is 12.5 Å². The highest BCUT2D eigenvalue weighted by Crippen LogP contribution is 2.43. The van der Waals surface area contributed by atoms with Gasteiger partial charge in [0.15, 0.2) is 0 Å². The SMILES string of the molecule is COc1ccc(C2C(N)CCC(=O)N2C2CC2)c(OC)c1. The molecule has 1 heterocycles. The zero-order valence-electron chi connectivity index (χ0n) is 12.5. The van der Waals surface area contributed by atoms with Gasteiger partial charge in [0.05, 0.1) is 20.3 Å². The molecule has 1 amide bonds. The number of benzene rings is 1. The van der Waals surface area contributed by atoms with Crippen LogP contribution < -0.4 is 15.2 Å². The molecule has 0 bridgehead atoms. The molecular formula is C16H22N2O3. The summed E-state index contributed by atoms with van der Waals surface area (Å²) in [5.74, 6) is 1.68. The summed E-state index contributed by atoms with van der Waals surface area (Å²) < 4.78 is 10.7. The average Bonchev–Trinajstić information content (AvgIpc) is 3.33. The molecule has 2 fully saturated rings. The molecule has 1 aromatic carbocycles. The predicted octanol–water partition coefficient (Wildman–Crippen LogP) is 1.86. The van der Waals surface area contributed by atoms with Crippen LogP contribution in [0.25, 0.3) is 0 Å². The minimum absolute atomic E-state index is 0.0504. The molecule has 1 aromatic rings. The Hall–Kier alpha value is -1.75. The minimum atomic E-state index is -0.0976. The van der Waals surface area contributed by atoms with E-state index in [4.69, 9.17) is 15.2 Å². The van der Waals surface area contributed by atoms with Crippen molar-refractivity contribution in [2.45, 2.75) is 43.8 Å². The summed E-state index contributed by atoms with van der Waals surface area (Å²) in [6.07, 6.45) is 3.43. The molecule has 21 heavy (non-hydrogen) atoms. The van der Waals surface area contributed by atoms with Gasteiger partial charge in [-0.1, -0.05) is 0 Å². The van der Waals surface area contributed by atoms with E-state index in [9.17, 15) is 4.79 Å². The number of piperidine rings is 1. The monoisotopic (exact) mass is 290 g/mol. The van der Waals surface area contributed by atoms with Crippen molar-refractivity contribution in [1.82, 2.24) is 4.90 Å². The van der Waals surface area contributed by atoms with E-state index in [2.05, 4.69) is 0 Å². The maximum Gasteiger partial charge on any atom is 0.223 e. The van der Waals surface area contributed by atoms with Crippen molar-refractivity contribution in [3.05, 3.63) is 23.8 Å². The van der Waals surface area contributed by atoms with E-state index in [1.54, 1.807) is 14.2 Å². The second kappa shape index (κ2) is 5.56. The molecule has 1 saturated carbocycles. The van der Waals surface area contributed by atoms with Crippen LogP contribution in [-0.2, 0) is 4.79 Å². The van der Waals surface area contributed by atoms with Gasteiger partial charge < -0.3 is 20.1 Å². The van der Waals surface area contributed by atoms with Crippen LogP contribution in [0.5, 0.6) is 11.5 Å². The molecule has 1 aliphatic carbocycles. The van der Waals surface area contributed by atoms with Gasteiger partial charge in [-0.25, -0.2) is 0 Å². The number of likely N-dealkylation sites (tertiary alicyclic amines) is 1. The van der Waals surface area contributed by atoms with Crippen LogP contribution in [0.2, 0.25) is 0 Å². The smallest absolute Gasteiger partial charge is 0.223 e. The summed E-state index contributed by atoms with van der Waals surface area (Å²) in [4.78, 5) is 14.3. The largest absolute Gasteiger partial charge is 0.497 e. The Kier molecular flexibility index (Phi) is 3.76. The van der Waals surface area contributed by atoms with Crippen molar-refractivity contribution >= 4 is 5.91 Å². The van der Waals surface area contributed by atoms with Crippen molar-refractivity contribution in [2.24, 2.45) is 5.73 Å². The van der Waals surface area contributed by atoms with Gasteiger partial charge in [-0.3, -0.25) is 4.79 Å². The third-order valence-corrected chi connectivity index (χ3v) is 4.38. The summed E-state index contributed by atoms with van der Waals surface area (Å²) >= 11 is 0. The number of methoxy groups -OCH3 is 2. The van der Waals surface area contributed by atoms with E-state index < -0.39 is 0 Å². The first kappa shape index (κ1) is 14.2. The lowest BCUT2D eigenvalue weighted by atomic mass is 9.89. The number of nitrogens with zero attached hydrogens (tertiary/aromatic N) is 1. The highest BCUT2D eigenvalue weighted by molar-refractivity contribution is 5.79. The van der Waals surface area contributed by atoms with Crippen LogP contribution in [0, 0.1) is 0 Å². The maximum atomic E-state index is 12.3. The molecular weight excluding hydrogens is 268 g/mol. The van der Waals surface area contributed by atoms with Crippen molar-refractivity contribution in [1.29, 1.82) is 0 Å². The highest BCUT2D eigenvalue weighted by Gasteiger charge is 2.43. The third kappa shape index (κ3) is 2.58. The van der Waals surface area contributed by atoms with Crippen molar-refractivity contribution in [3.63, 3.8) is 0 Å². The lowest BCUT2D eigenvalue weighted by Gasteiger charge is -2.40. The number of carbonyl (C=O) groups excluding carboxylic acids is 1. The molecule has 2 atom stereocenters. The van der Waals surface area contributed by atoms with Crippen LogP contribution >= 0.6 is 0 Å². The molecule has 0 radical (unpaired) electrons. The Balaban J connectivity index is 2.00. The van der Waals surface area contributed by atoms with E-state index >= 15 is 0 Å². The van der Waals surface area contributed by atoms with Gasteiger partial charge in [-0.2, -0.15) is 0 Å². The predicted molar refractivity (Wildman–Crippen MR) is 79.4 cm³/mol. The van der Waals surface area contributed by atoms with E-state index in [1.807, 2.05) is 23.1 Å². The fraction of sp³-hybridized carbons (Fsp3) is 0.562. The Labute approximate surface area is 125 Å². The first-order valence-electron chi connectivity index (χ1n) is 7.44. The van der Waals surface area contributed by atoms with Crippen LogP contribution in [-0.4, -0.2) is 37.1 Å². The Morgan fingerprint density at radius 3 is 2.57 bits per heavy atom. The number of hydrogen-bond donors (Lipinski definition) is 1. The number of ether oxygens (including phenoxy) is 2. The highest BCUT2D eigenvalue weighted by atomic mass is 16.5. The molecule has 114 valence electrons. The topological polar surface area (TPSA) is 64.8 Å². The molecule has 5 nitrogen and oxygen atoms in total. The number of amides is 1. The summed E-state index contributed by atoms with van der Waals surface area (Å²) in [6, 6.07) is 5.92. The molecule has 2 aliphatic rings. The van der Waals surface area contributed by atoms with E-state index in [1.165, 1.54) is 0 Å². The van der Waals surface area contributed by atoms with Crippen molar-refractivity contribution in [3.8, 4) is 11.5 Å². The van der Waals surface area contributed by atoms with Crippen LogP contribution in [0.4, 0.5) is 0 Å². The second-order valence-electron chi connectivity index (χ2n) is 5.79. The molecule has 5 heteroatoms. The maximum absolute atomic E-state index is 12.3. The third-order valence-electron chi connectivity index (χ3n) is 4.38. The standard InChI is InChI=1S/C16H22N2O3/c1-20-11-5-6-12(14(9-11)21-2)16-13(17)7-8-15(19)18(16)10-3-4-10/h5-6,9-10,13,16H,3-4,7-8,17H2,1-2H3. The van der Waals surface area contributed by atoms with Crippen LogP contribution in [0.3, 0.4) is 0 Å². The zero-order chi connectivity index (χ0) is 15.0. The summed E-state index contributed by atoms with van der Waals surface area (Å²) in [6.45, 7) is 0. The van der Waals surface area contributed by atoms with Gasteiger partial charge in [0.25, 0.3) is 0 Å². The Morgan fingerprint density at radius 1 is 1.19 bits per heavy atom. The summed E-state index contributed by atoms with van der Waals surface area (Å²) in [7, 11) is 3.26. The lowest BCUT2D eigenvalue weighted by molar-refractivity contribution is -0.138. The fourth-order valence-electron chi connectivity index (χ4n) is 3.17. The Bertz CT molecular complexity index is 542. The molecule has 2 N–H and O–H groups in total. The summed E-state index contributed by atoms with van der Waals surface area (Å²) in [5, 5.41) is 0. The fourth-order valence-corrected chi connectivity index (χ4v) is 3.17. The number of rotatable bonds is 4. The van der Waals surface area contributed by atoms with E-state index in [0.717, 1.165) is 36.3 Å². The first-order valence-corrected chi connectivity index (χ1v) is 7.44. The molecule has 0 spiro atoms. The van der Waals surface area contributed by atoms with Gasteiger partial charge >= 0.3 is 0 Å². The summed E-state index contributed by atoms with van der Waals surface area (Å²) in [5.41, 5.74) is 7.32. The molecule has 1 saturated heterocycles. The lowest BCUT2D eigenvalue weighted by Crippen LogP contribution is -2.49. The number of carbonyl (C=O) groups is 1. The molecule has 0 aromatic heterocycles. The Morgan fingerprint density at radius 2 is 1.95 bits per heavy atom. The normalized spacial score (nSPS) is 25.9. The minimum Gasteiger partial charge on any atom is -0.497 e. The van der Waals surface area contributed by atoms with Gasteiger partial charge in [-0.05, 0) is 31.4 Å². The van der Waals surface area contributed by atoms with Gasteiger partial charge in [0.2, 0.25) is 5.91 Å². The molecule has 2 unspecified atom stereocenters. The molecule has 3 rings (SSSR count). The van der Waals surface area contributed by atoms with E-state index in [-0.39, 0.29) is 18.0 Å². The molecule has 1 aliphatic heterocycles. The van der Waals surface area contributed by atoms with Crippen molar-refractivity contribution in [2.75, 3.05) is 14.2 Å². The van der Waals surface area contributed by atoms with Gasteiger partial charge in [0, 0.05) is 30.1 Å². The first-order chi connectivity index (χ1) is 10.2. The van der Waals surface area contributed by atoms with Crippen LogP contribution in [0.15, 0.2) is 18.2 Å². The second-order valence-corrected chi connectivity index (χ2v) is 5.79. The van der Waals surface area contributed by atoms with Gasteiger partial charge in [-0.15, -0.1) is 0 Å². The number of nitrogens with two attached hydrogens (primary N) is 1. The van der Waals surface area contributed by atoms with Crippen LogP contribution in [0.1, 0.15) is 37.3 Å². The average molecular weight is 290 g/mol. The number of hydrogen-bond acceptors (Lipinski definition) is 4. The van der Waals surface area contributed by atoms with Crippen molar-refractivity contribution < 1.29 is 14.3 Å². The quantitative estimate of drug-likeness (QED) is 0.919. The zero-order valence-corrected chi connectivity index (χ0v) is 12.5.